The molecule has 0 saturated heterocycles. The van der Waals surface area contributed by atoms with Crippen LogP contribution in [0, 0.1) is 0 Å². The minimum atomic E-state index is -0.0650. The molecule has 0 fully saturated rings. The van der Waals surface area contributed by atoms with Crippen molar-refractivity contribution in [2.24, 2.45) is 5.73 Å². The van der Waals surface area contributed by atoms with Crippen LogP contribution in [0.3, 0.4) is 0 Å². The van der Waals surface area contributed by atoms with Gasteiger partial charge in [0.05, 0.1) is 0 Å². The molecule has 0 bridgehead atoms. The van der Waals surface area contributed by atoms with Crippen molar-refractivity contribution in [2.45, 2.75) is 90.6 Å². The van der Waals surface area contributed by atoms with Gasteiger partial charge in [0.15, 0.2) is 0 Å². The Bertz CT molecular complexity index is 476. The van der Waals surface area contributed by atoms with Crippen molar-refractivity contribution in [3.8, 4) is 0 Å². The van der Waals surface area contributed by atoms with Crippen molar-refractivity contribution < 1.29 is 15.3 Å². The maximum atomic E-state index is 11.7. The van der Waals surface area contributed by atoms with E-state index in [4.69, 9.17) is 10.5 Å². The molecule has 0 spiro atoms. The second-order valence-corrected chi connectivity index (χ2v) is 7.42. The van der Waals surface area contributed by atoms with Crippen LogP contribution in [0.5, 0.6) is 0 Å². The number of carbonyl (C=O) groups excluding carboxylic acids is 1. The molecule has 1 aromatic rings. The van der Waals surface area contributed by atoms with Crippen molar-refractivity contribution in [3.05, 3.63) is 35.9 Å². The molecule has 0 unspecified atom stereocenters. The van der Waals surface area contributed by atoms with E-state index in [-0.39, 0.29) is 11.1 Å². The summed E-state index contributed by atoms with van der Waals surface area (Å²) in [7, 11) is 0. The summed E-state index contributed by atoms with van der Waals surface area (Å²) in [6, 6.07) is 9.86. The molecule has 0 aliphatic carbocycles. The minimum absolute atomic E-state index is 0.0650. The lowest BCUT2D eigenvalue weighted by Crippen LogP contribution is -2.60. The summed E-state index contributed by atoms with van der Waals surface area (Å²) in [6.07, 6.45) is 14.9. The van der Waals surface area contributed by atoms with Crippen molar-refractivity contribution in [3.63, 3.8) is 0 Å². The normalized spacial score (nSPS) is 10.0. The van der Waals surface area contributed by atoms with Gasteiger partial charge in [0, 0.05) is 18.6 Å². The second-order valence-electron chi connectivity index (χ2n) is 6.90. The van der Waals surface area contributed by atoms with Gasteiger partial charge < -0.3 is 16.2 Å². The van der Waals surface area contributed by atoms with E-state index in [1.54, 1.807) is 0 Å². The van der Waals surface area contributed by atoms with Crippen LogP contribution in [0.4, 0.5) is 0 Å². The number of nitrogens with two attached hydrogens (primary N) is 1. The topological polar surface area (TPSA) is 80.0 Å². The fourth-order valence-corrected chi connectivity index (χ4v) is 2.74. The lowest BCUT2D eigenvalue weighted by molar-refractivity contribution is -0.210. The van der Waals surface area contributed by atoms with Crippen molar-refractivity contribution in [1.82, 2.24) is 0 Å². The summed E-state index contributed by atoms with van der Waals surface area (Å²) in [5.41, 5.74) is 8.93. The van der Waals surface area contributed by atoms with Crippen molar-refractivity contribution in [2.75, 3.05) is 0 Å². The number of esters is 1. The third-order valence-electron chi connectivity index (χ3n) is 4.23. The van der Waals surface area contributed by atoms with E-state index < -0.39 is 0 Å². The van der Waals surface area contributed by atoms with E-state index in [0.717, 1.165) is 18.4 Å². The van der Waals surface area contributed by atoms with Gasteiger partial charge in [-0.15, -0.1) is 0 Å². The fraction of sp³-hybridized carbons (Fsp3) is 0.636. The molecule has 0 aromatic heterocycles. The van der Waals surface area contributed by atoms with Gasteiger partial charge in [-0.3, -0.25) is 4.79 Å². The molecule has 5 N–H and O–H groups in total. The molecule has 5 heteroatoms. The average Bonchev–Trinajstić information content (AvgIpc) is 2.65. The predicted molar refractivity (Wildman–Crippen MR) is 117 cm³/mol. The number of quaternary nitrogens is 1. The number of hydrogen-bond donors (Lipinski definition) is 2. The summed E-state index contributed by atoms with van der Waals surface area (Å²) >= 11 is 4.20. The Balaban J connectivity index is 0.00000153. The lowest BCUT2D eigenvalue weighted by atomic mass is 10.1. The van der Waals surface area contributed by atoms with E-state index in [1.807, 2.05) is 30.3 Å². The Hall–Kier alpha value is -1.46. The molecule has 0 aliphatic rings. The van der Waals surface area contributed by atoms with Crippen LogP contribution in [0.25, 0.3) is 0 Å². The number of benzene rings is 1. The zero-order valence-corrected chi connectivity index (χ0v) is 17.9. The second kappa shape index (κ2) is 19.3. The van der Waals surface area contributed by atoms with Gasteiger partial charge in [-0.2, -0.15) is 0 Å². The maximum Gasteiger partial charge on any atom is 0.306 e. The molecule has 0 amide bonds. The first-order chi connectivity index (χ1) is 13.1. The van der Waals surface area contributed by atoms with Gasteiger partial charge in [0.1, 0.15) is 6.61 Å². The Labute approximate surface area is 171 Å². The molecule has 0 heterocycles. The Morgan fingerprint density at radius 3 is 1.85 bits per heavy atom. The highest BCUT2D eigenvalue weighted by atomic mass is 32.1. The fourth-order valence-electron chi connectivity index (χ4n) is 2.74. The van der Waals surface area contributed by atoms with E-state index in [2.05, 4.69) is 24.9 Å². The predicted octanol–water partition coefficient (Wildman–Crippen LogP) is 4.90. The van der Waals surface area contributed by atoms with Crippen LogP contribution in [-0.4, -0.2) is 11.1 Å². The third kappa shape index (κ3) is 20.7. The average molecular weight is 396 g/mol. The van der Waals surface area contributed by atoms with Gasteiger partial charge >= 0.3 is 5.97 Å². The molecule has 0 atom stereocenters. The van der Waals surface area contributed by atoms with Gasteiger partial charge in [0.25, 0.3) is 5.11 Å². The SMILES string of the molecule is CCCCCCCCCCCCCC(=O)OCc1ccccc1.NC([NH3+])=S. The molecule has 154 valence electrons. The lowest BCUT2D eigenvalue weighted by Gasteiger charge is -2.05. The zero-order valence-electron chi connectivity index (χ0n) is 17.1. The molecule has 27 heavy (non-hydrogen) atoms. The summed E-state index contributed by atoms with van der Waals surface area (Å²) in [5, 5.41) is 0.250. The van der Waals surface area contributed by atoms with Crippen LogP contribution in [-0.2, 0) is 16.1 Å². The Morgan fingerprint density at radius 2 is 1.37 bits per heavy atom. The molecule has 0 saturated carbocycles. The highest BCUT2D eigenvalue weighted by Crippen LogP contribution is 2.12. The number of ether oxygens (including phenoxy) is 1. The number of rotatable bonds is 14. The van der Waals surface area contributed by atoms with Crippen LogP contribution >= 0.6 is 12.2 Å². The summed E-state index contributed by atoms with van der Waals surface area (Å²) in [6.45, 7) is 2.66. The van der Waals surface area contributed by atoms with Gasteiger partial charge in [-0.05, 0) is 12.0 Å². The molecule has 1 aromatic carbocycles. The smallest absolute Gasteiger partial charge is 0.306 e. The number of unbranched alkanes of at least 4 members (excludes halogenated alkanes) is 10. The minimum Gasteiger partial charge on any atom is -0.461 e. The third-order valence-corrected chi connectivity index (χ3v) is 4.23. The first-order valence-electron chi connectivity index (χ1n) is 10.4. The van der Waals surface area contributed by atoms with E-state index in [1.165, 1.54) is 57.8 Å². The van der Waals surface area contributed by atoms with Crippen LogP contribution in [0.1, 0.15) is 89.5 Å². The number of carbonyl (C=O) groups is 1. The van der Waals surface area contributed by atoms with Crippen LogP contribution in [0.2, 0.25) is 0 Å². The van der Waals surface area contributed by atoms with Gasteiger partial charge in [-0.1, -0.05) is 101 Å². The molecule has 0 aliphatic heterocycles. The number of hydrogen-bond acceptors (Lipinski definition) is 3. The summed E-state index contributed by atoms with van der Waals surface area (Å²) in [4.78, 5) is 11.7. The molecular formula is C22H39N2O2S+. The van der Waals surface area contributed by atoms with Crippen LogP contribution in [0.15, 0.2) is 30.3 Å². The molecule has 0 radical (unpaired) electrons. The van der Waals surface area contributed by atoms with Gasteiger partial charge in [0.2, 0.25) is 0 Å². The largest absolute Gasteiger partial charge is 0.461 e. The van der Waals surface area contributed by atoms with E-state index >= 15 is 0 Å². The van der Waals surface area contributed by atoms with Crippen LogP contribution < -0.4 is 11.5 Å². The first-order valence-corrected chi connectivity index (χ1v) is 10.8. The van der Waals surface area contributed by atoms with E-state index in [9.17, 15) is 4.79 Å². The summed E-state index contributed by atoms with van der Waals surface area (Å²) < 4.78 is 5.28. The van der Waals surface area contributed by atoms with Gasteiger partial charge in [-0.25, -0.2) is 0 Å². The monoisotopic (exact) mass is 395 g/mol. The standard InChI is InChI=1S/C21H34O2.CH4N2S/c1-2-3-4-5-6-7-8-9-10-11-15-18-21(22)23-19-20-16-13-12-14-17-20;2-1(3)4/h12-14,16-17H,2-11,15,18-19H2,1H3;(H4,2,3,4)/p+1. The Kier molecular flexibility index (Phi) is 18.3. The maximum absolute atomic E-state index is 11.7. The zero-order chi connectivity index (χ0) is 20.2. The number of thiocarbonyl (C=S) groups is 1. The highest BCUT2D eigenvalue weighted by molar-refractivity contribution is 7.79. The first kappa shape index (κ1) is 25.5. The summed E-state index contributed by atoms with van der Waals surface area (Å²) in [5.74, 6) is -0.0650. The Morgan fingerprint density at radius 1 is 0.926 bits per heavy atom. The van der Waals surface area contributed by atoms with Crippen molar-refractivity contribution >= 4 is 23.3 Å². The van der Waals surface area contributed by atoms with Crippen molar-refractivity contribution in [1.29, 1.82) is 0 Å². The molecule has 4 nitrogen and oxygen atoms in total. The van der Waals surface area contributed by atoms with E-state index in [0.29, 0.717) is 13.0 Å². The molecular weight excluding hydrogens is 356 g/mol. The highest BCUT2D eigenvalue weighted by Gasteiger charge is 2.03. The quantitative estimate of drug-likeness (QED) is 0.267. The molecule has 1 rings (SSSR count).